The highest BCUT2D eigenvalue weighted by Gasteiger charge is 2.16. The van der Waals surface area contributed by atoms with Gasteiger partial charge in [0.2, 0.25) is 0 Å². The number of hydrogen-bond donors (Lipinski definition) is 0. The Balaban J connectivity index is 2.91. The Labute approximate surface area is 82.6 Å². The normalized spacial score (nSPS) is 12.1. The molecule has 2 aromatic rings. The first-order chi connectivity index (χ1) is 6.09. The minimum atomic E-state index is -3.77. The summed E-state index contributed by atoms with van der Waals surface area (Å²) in [6.07, 6.45) is 1.18. The third-order valence-corrected chi connectivity index (χ3v) is 3.69. The monoisotopic (exact) mass is 234 g/mol. The lowest BCUT2D eigenvalue weighted by Crippen LogP contribution is -1.95. The van der Waals surface area contributed by atoms with E-state index >= 15 is 0 Å². The number of nitrogens with zero attached hydrogens (tertiary/aromatic N) is 2. The van der Waals surface area contributed by atoms with Crippen LogP contribution in [0.5, 0.6) is 0 Å². The Morgan fingerprint density at radius 1 is 1.38 bits per heavy atom. The van der Waals surface area contributed by atoms with Crippen LogP contribution in [0.25, 0.3) is 10.2 Å². The van der Waals surface area contributed by atoms with Crippen molar-refractivity contribution in [3.05, 3.63) is 17.8 Å². The first-order valence-corrected chi connectivity index (χ1v) is 6.41. The zero-order valence-electron chi connectivity index (χ0n) is 6.14. The number of aromatic nitrogens is 2. The van der Waals surface area contributed by atoms with Gasteiger partial charge in [-0.25, -0.2) is 18.4 Å². The lowest BCUT2D eigenvalue weighted by molar-refractivity contribution is 0.607. The lowest BCUT2D eigenvalue weighted by Gasteiger charge is -1.94. The Morgan fingerprint density at radius 2 is 2.15 bits per heavy atom. The second kappa shape index (κ2) is 2.90. The van der Waals surface area contributed by atoms with Crippen LogP contribution in [0.1, 0.15) is 0 Å². The molecule has 2 heterocycles. The molecule has 0 aliphatic carbocycles. The Hall–Kier alpha value is -0.720. The molecule has 0 bridgehead atoms. The molecule has 0 aromatic carbocycles. The molecule has 0 aliphatic heterocycles. The van der Waals surface area contributed by atoms with E-state index in [-0.39, 0.29) is 5.03 Å². The summed E-state index contributed by atoms with van der Waals surface area (Å²) in [5.41, 5.74) is 0.597. The van der Waals surface area contributed by atoms with Crippen molar-refractivity contribution in [2.24, 2.45) is 0 Å². The van der Waals surface area contributed by atoms with E-state index in [2.05, 4.69) is 9.97 Å². The van der Waals surface area contributed by atoms with Gasteiger partial charge in [0, 0.05) is 10.7 Å². The van der Waals surface area contributed by atoms with Gasteiger partial charge in [-0.2, -0.15) is 0 Å². The molecule has 2 rings (SSSR count). The summed E-state index contributed by atoms with van der Waals surface area (Å²) >= 11 is 1.25. The molecule has 4 nitrogen and oxygen atoms in total. The summed E-state index contributed by atoms with van der Waals surface area (Å²) in [6.45, 7) is 0. The van der Waals surface area contributed by atoms with Gasteiger partial charge in [0.15, 0.2) is 5.03 Å². The first kappa shape index (κ1) is 8.86. The second-order valence-electron chi connectivity index (χ2n) is 2.25. The maximum Gasteiger partial charge on any atom is 0.280 e. The number of thiophene rings is 1. The van der Waals surface area contributed by atoms with E-state index < -0.39 is 9.05 Å². The molecule has 2 aromatic heterocycles. The van der Waals surface area contributed by atoms with Crippen LogP contribution >= 0.6 is 22.0 Å². The predicted octanol–water partition coefficient (Wildman–Crippen LogP) is 1.62. The van der Waals surface area contributed by atoms with Crippen LogP contribution in [0.2, 0.25) is 0 Å². The van der Waals surface area contributed by atoms with Crippen molar-refractivity contribution in [3.8, 4) is 0 Å². The molecule has 0 fully saturated rings. The molecule has 13 heavy (non-hydrogen) atoms. The maximum absolute atomic E-state index is 11.0. The van der Waals surface area contributed by atoms with Crippen LogP contribution in [0.4, 0.5) is 0 Å². The number of rotatable bonds is 1. The highest BCUT2D eigenvalue weighted by molar-refractivity contribution is 8.13. The van der Waals surface area contributed by atoms with Gasteiger partial charge >= 0.3 is 0 Å². The summed E-state index contributed by atoms with van der Waals surface area (Å²) in [7, 11) is 1.42. The molecule has 0 N–H and O–H groups in total. The minimum absolute atomic E-state index is 0.117. The van der Waals surface area contributed by atoms with Gasteiger partial charge in [-0.05, 0) is 11.4 Å². The quantitative estimate of drug-likeness (QED) is 0.556. The highest BCUT2D eigenvalue weighted by atomic mass is 35.7. The van der Waals surface area contributed by atoms with Crippen LogP contribution in [0.15, 0.2) is 22.8 Å². The van der Waals surface area contributed by atoms with Gasteiger partial charge < -0.3 is 0 Å². The Morgan fingerprint density at radius 3 is 2.85 bits per heavy atom. The fourth-order valence-electron chi connectivity index (χ4n) is 0.940. The second-order valence-corrected chi connectivity index (χ2v) is 5.65. The molecular weight excluding hydrogens is 232 g/mol. The van der Waals surface area contributed by atoms with Crippen molar-refractivity contribution >= 4 is 41.3 Å². The van der Waals surface area contributed by atoms with E-state index in [9.17, 15) is 8.42 Å². The lowest BCUT2D eigenvalue weighted by atomic mass is 10.5. The van der Waals surface area contributed by atoms with Gasteiger partial charge in [0.1, 0.15) is 6.33 Å². The van der Waals surface area contributed by atoms with Crippen LogP contribution in [-0.2, 0) is 9.05 Å². The molecular formula is C6H3ClN2O2S2. The molecule has 0 radical (unpaired) electrons. The fourth-order valence-corrected chi connectivity index (χ4v) is 3.13. The average molecular weight is 235 g/mol. The van der Waals surface area contributed by atoms with Crippen molar-refractivity contribution in [1.29, 1.82) is 0 Å². The smallest absolute Gasteiger partial charge is 0.235 e. The van der Waals surface area contributed by atoms with Crippen LogP contribution in [0, 0.1) is 0 Å². The molecule has 7 heteroatoms. The third kappa shape index (κ3) is 1.52. The summed E-state index contributed by atoms with van der Waals surface area (Å²) < 4.78 is 22.6. The maximum atomic E-state index is 11.0. The molecule has 68 valence electrons. The largest absolute Gasteiger partial charge is 0.280 e. The molecule has 0 amide bonds. The van der Waals surface area contributed by atoms with Crippen LogP contribution < -0.4 is 0 Å². The van der Waals surface area contributed by atoms with E-state index in [1.165, 1.54) is 17.7 Å². The number of hydrogen-bond acceptors (Lipinski definition) is 5. The van der Waals surface area contributed by atoms with E-state index in [0.29, 0.717) is 10.2 Å². The van der Waals surface area contributed by atoms with E-state index in [4.69, 9.17) is 10.7 Å². The van der Waals surface area contributed by atoms with Crippen molar-refractivity contribution in [3.63, 3.8) is 0 Å². The topological polar surface area (TPSA) is 59.9 Å². The molecule has 0 saturated carbocycles. The van der Waals surface area contributed by atoms with Gasteiger partial charge in [-0.3, -0.25) is 0 Å². The molecule has 0 saturated heterocycles. The van der Waals surface area contributed by atoms with Crippen molar-refractivity contribution in [1.82, 2.24) is 9.97 Å². The predicted molar refractivity (Wildman–Crippen MR) is 50.5 cm³/mol. The van der Waals surface area contributed by atoms with Crippen LogP contribution in [0.3, 0.4) is 0 Å². The summed E-state index contributed by atoms with van der Waals surface area (Å²) in [5.74, 6) is 0. The van der Waals surface area contributed by atoms with Crippen molar-refractivity contribution < 1.29 is 8.42 Å². The standard InChI is InChI=1S/C6H3ClN2O2S2/c7-13(10,11)6-5-4(1-2-12-5)8-3-9-6/h1-3H. The fraction of sp³-hybridized carbons (Fsp3) is 0. The highest BCUT2D eigenvalue weighted by Crippen LogP contribution is 2.26. The Kier molecular flexibility index (Phi) is 1.98. The van der Waals surface area contributed by atoms with Crippen LogP contribution in [-0.4, -0.2) is 18.4 Å². The van der Waals surface area contributed by atoms with Gasteiger partial charge in [-0.1, -0.05) is 0 Å². The average Bonchev–Trinajstić information content (AvgIpc) is 2.48. The summed E-state index contributed by atoms with van der Waals surface area (Å²) in [4.78, 5) is 7.52. The molecule has 0 aliphatic rings. The molecule has 0 unspecified atom stereocenters. The molecule has 0 spiro atoms. The van der Waals surface area contributed by atoms with Gasteiger partial charge in [0.05, 0.1) is 10.2 Å². The van der Waals surface area contributed by atoms with Gasteiger partial charge in [0.25, 0.3) is 9.05 Å². The number of fused-ring (bicyclic) bond motifs is 1. The van der Waals surface area contributed by atoms with Gasteiger partial charge in [-0.15, -0.1) is 11.3 Å². The summed E-state index contributed by atoms with van der Waals surface area (Å²) in [5, 5.41) is 1.62. The first-order valence-electron chi connectivity index (χ1n) is 3.22. The van der Waals surface area contributed by atoms with E-state index in [1.807, 2.05) is 0 Å². The third-order valence-electron chi connectivity index (χ3n) is 1.44. The van der Waals surface area contributed by atoms with E-state index in [1.54, 1.807) is 11.4 Å². The minimum Gasteiger partial charge on any atom is -0.235 e. The molecule has 0 atom stereocenters. The number of halogens is 1. The SMILES string of the molecule is O=S(=O)(Cl)c1ncnc2ccsc12. The summed E-state index contributed by atoms with van der Waals surface area (Å²) in [6, 6.07) is 1.72. The van der Waals surface area contributed by atoms with E-state index in [0.717, 1.165) is 0 Å². The zero-order valence-corrected chi connectivity index (χ0v) is 8.53. The van der Waals surface area contributed by atoms with Crippen molar-refractivity contribution in [2.45, 2.75) is 5.03 Å². The Bertz CT molecular complexity index is 549. The van der Waals surface area contributed by atoms with Crippen molar-refractivity contribution in [2.75, 3.05) is 0 Å². The zero-order chi connectivity index (χ0) is 9.47.